The minimum absolute atomic E-state index is 0.130. The van der Waals surface area contributed by atoms with Crippen LogP contribution >= 0.6 is 11.8 Å². The molecule has 28 heavy (non-hydrogen) atoms. The zero-order valence-corrected chi connectivity index (χ0v) is 17.3. The molecule has 0 bridgehead atoms. The van der Waals surface area contributed by atoms with Crippen molar-refractivity contribution < 1.29 is 4.79 Å². The number of para-hydroxylation sites is 1. The average molecular weight is 399 g/mol. The number of carbonyl (C=O) groups is 1. The van der Waals surface area contributed by atoms with Gasteiger partial charge in [-0.2, -0.15) is 0 Å². The third-order valence-corrected chi connectivity index (χ3v) is 4.96. The molecule has 0 unspecified atom stereocenters. The number of hydrogen-bond acceptors (Lipinski definition) is 5. The van der Waals surface area contributed by atoms with Gasteiger partial charge in [0.25, 0.3) is 5.91 Å². The number of carbonyl (C=O) groups excluding carboxylic acids is 1. The number of thioether (sulfide) groups is 1. The van der Waals surface area contributed by atoms with Crippen molar-refractivity contribution in [1.82, 2.24) is 29.6 Å². The van der Waals surface area contributed by atoms with Gasteiger partial charge in [0.2, 0.25) is 0 Å². The Morgan fingerprint density at radius 3 is 2.71 bits per heavy atom. The van der Waals surface area contributed by atoms with E-state index in [1.807, 2.05) is 36.6 Å². The quantitative estimate of drug-likeness (QED) is 0.442. The van der Waals surface area contributed by atoms with E-state index in [0.29, 0.717) is 18.2 Å². The molecule has 2 heterocycles. The van der Waals surface area contributed by atoms with Crippen molar-refractivity contribution in [1.29, 1.82) is 0 Å². The number of rotatable bonds is 9. The molecule has 148 valence electrons. The maximum atomic E-state index is 12.6. The Morgan fingerprint density at radius 1 is 1.21 bits per heavy atom. The Kier molecular flexibility index (Phi) is 6.86. The van der Waals surface area contributed by atoms with Crippen LogP contribution < -0.4 is 5.32 Å². The van der Waals surface area contributed by atoms with Crippen LogP contribution in [0.3, 0.4) is 0 Å². The molecule has 7 nitrogen and oxygen atoms in total. The molecule has 1 aromatic carbocycles. The van der Waals surface area contributed by atoms with Gasteiger partial charge < -0.3 is 9.88 Å². The van der Waals surface area contributed by atoms with Crippen LogP contribution in [0, 0.1) is 5.92 Å². The lowest BCUT2D eigenvalue weighted by molar-refractivity contribution is 0.0946. The third-order valence-electron chi connectivity index (χ3n) is 4.29. The molecule has 0 aliphatic rings. The smallest absolute Gasteiger partial charge is 0.269 e. The molecule has 1 N–H and O–H groups in total. The molecule has 0 aliphatic heterocycles. The van der Waals surface area contributed by atoms with Crippen LogP contribution in [0.5, 0.6) is 0 Å². The molecule has 3 rings (SSSR count). The summed E-state index contributed by atoms with van der Waals surface area (Å²) in [5.41, 5.74) is 1.44. The molecule has 2 aromatic heterocycles. The number of nitrogens with one attached hydrogen (secondary N) is 1. The topological polar surface area (TPSA) is 77.6 Å². The van der Waals surface area contributed by atoms with Crippen LogP contribution in [0.2, 0.25) is 0 Å². The van der Waals surface area contributed by atoms with E-state index in [1.54, 1.807) is 28.9 Å². The van der Waals surface area contributed by atoms with E-state index in [1.165, 1.54) is 0 Å². The van der Waals surface area contributed by atoms with E-state index in [4.69, 9.17) is 0 Å². The van der Waals surface area contributed by atoms with Crippen molar-refractivity contribution in [2.45, 2.75) is 38.4 Å². The highest BCUT2D eigenvalue weighted by Crippen LogP contribution is 2.17. The Labute approximate surface area is 169 Å². The predicted molar refractivity (Wildman–Crippen MR) is 111 cm³/mol. The van der Waals surface area contributed by atoms with E-state index in [0.717, 1.165) is 36.1 Å². The minimum atomic E-state index is -0.130. The lowest BCUT2D eigenvalue weighted by Crippen LogP contribution is -2.27. The fraction of sp³-hybridized carbons (Fsp3) is 0.400. The van der Waals surface area contributed by atoms with Gasteiger partial charge in [-0.05, 0) is 30.7 Å². The molecule has 8 heteroatoms. The first-order valence-electron chi connectivity index (χ1n) is 9.42. The number of imidazole rings is 1. The molecule has 0 fully saturated rings. The molecule has 3 aromatic rings. The summed E-state index contributed by atoms with van der Waals surface area (Å²) in [4.78, 5) is 16.7. The molecule has 0 saturated heterocycles. The molecule has 0 saturated carbocycles. The number of hydrogen-bond donors (Lipinski definition) is 1. The number of aryl methyl sites for hydroxylation is 1. The van der Waals surface area contributed by atoms with E-state index >= 15 is 0 Å². The molecule has 0 aliphatic carbocycles. The molecule has 0 atom stereocenters. The first-order chi connectivity index (χ1) is 13.6. The standard InChI is InChI=1S/C20H26N6OS/c1-15(2)13-25-18(23-24-20(25)28-3)10-7-11-22-19(27)17-12-21-14-26(17)16-8-5-4-6-9-16/h4-6,8-9,12,14-15H,7,10-11,13H2,1-3H3,(H,22,27). The summed E-state index contributed by atoms with van der Waals surface area (Å²) in [5.74, 6) is 1.37. The first kappa shape index (κ1) is 20.1. The summed E-state index contributed by atoms with van der Waals surface area (Å²) in [6.45, 7) is 5.84. The van der Waals surface area contributed by atoms with Crippen molar-refractivity contribution in [3.63, 3.8) is 0 Å². The van der Waals surface area contributed by atoms with Crippen molar-refractivity contribution in [2.24, 2.45) is 5.92 Å². The Morgan fingerprint density at radius 2 is 2.00 bits per heavy atom. The third kappa shape index (κ3) is 4.81. The summed E-state index contributed by atoms with van der Waals surface area (Å²) >= 11 is 1.61. The van der Waals surface area contributed by atoms with Crippen LogP contribution in [0.15, 0.2) is 48.0 Å². The number of amides is 1. The van der Waals surface area contributed by atoms with Gasteiger partial charge in [-0.25, -0.2) is 4.98 Å². The monoisotopic (exact) mass is 398 g/mol. The van der Waals surface area contributed by atoms with Gasteiger partial charge in [0.05, 0.1) is 12.5 Å². The van der Waals surface area contributed by atoms with Crippen LogP contribution in [-0.2, 0) is 13.0 Å². The van der Waals surface area contributed by atoms with E-state index in [-0.39, 0.29) is 5.91 Å². The second-order valence-corrected chi connectivity index (χ2v) is 7.72. The predicted octanol–water partition coefficient (Wildman–Crippen LogP) is 3.20. The Bertz CT molecular complexity index is 903. The summed E-state index contributed by atoms with van der Waals surface area (Å²) in [6, 6.07) is 9.72. The highest BCUT2D eigenvalue weighted by Gasteiger charge is 2.14. The van der Waals surface area contributed by atoms with Crippen LogP contribution in [-0.4, -0.2) is 43.0 Å². The lowest BCUT2D eigenvalue weighted by Gasteiger charge is -2.12. The van der Waals surface area contributed by atoms with Gasteiger partial charge in [-0.15, -0.1) is 10.2 Å². The number of benzene rings is 1. The van der Waals surface area contributed by atoms with Crippen molar-refractivity contribution >= 4 is 17.7 Å². The maximum Gasteiger partial charge on any atom is 0.269 e. The number of aromatic nitrogens is 5. The summed E-state index contributed by atoms with van der Waals surface area (Å²) in [5, 5.41) is 12.5. The van der Waals surface area contributed by atoms with E-state index in [9.17, 15) is 4.79 Å². The highest BCUT2D eigenvalue weighted by atomic mass is 32.2. The fourth-order valence-electron chi connectivity index (χ4n) is 3.00. The van der Waals surface area contributed by atoms with E-state index < -0.39 is 0 Å². The molecule has 0 radical (unpaired) electrons. The average Bonchev–Trinajstić information content (AvgIpc) is 3.33. The van der Waals surface area contributed by atoms with Gasteiger partial charge in [0.15, 0.2) is 5.16 Å². The zero-order chi connectivity index (χ0) is 19.9. The second-order valence-electron chi connectivity index (χ2n) is 6.95. The molecular formula is C20H26N6OS. The normalized spacial score (nSPS) is 11.1. The minimum Gasteiger partial charge on any atom is -0.351 e. The van der Waals surface area contributed by atoms with Crippen molar-refractivity contribution in [3.05, 3.63) is 54.4 Å². The van der Waals surface area contributed by atoms with Crippen LogP contribution in [0.1, 0.15) is 36.6 Å². The van der Waals surface area contributed by atoms with Crippen molar-refractivity contribution in [3.8, 4) is 5.69 Å². The van der Waals surface area contributed by atoms with E-state index in [2.05, 4.69) is 38.9 Å². The zero-order valence-electron chi connectivity index (χ0n) is 16.5. The summed E-state index contributed by atoms with van der Waals surface area (Å²) < 4.78 is 3.97. The van der Waals surface area contributed by atoms with Gasteiger partial charge in [0.1, 0.15) is 11.5 Å². The van der Waals surface area contributed by atoms with Gasteiger partial charge in [0, 0.05) is 25.2 Å². The van der Waals surface area contributed by atoms with Crippen LogP contribution in [0.25, 0.3) is 5.69 Å². The highest BCUT2D eigenvalue weighted by molar-refractivity contribution is 7.98. The van der Waals surface area contributed by atoms with Crippen molar-refractivity contribution in [2.75, 3.05) is 12.8 Å². The number of nitrogens with zero attached hydrogens (tertiary/aromatic N) is 5. The summed E-state index contributed by atoms with van der Waals surface area (Å²) in [6.07, 6.45) is 6.84. The maximum absolute atomic E-state index is 12.6. The molecule has 0 spiro atoms. The molecule has 1 amide bonds. The second kappa shape index (κ2) is 9.54. The lowest BCUT2D eigenvalue weighted by atomic mass is 10.2. The Hall–Kier alpha value is -2.61. The van der Waals surface area contributed by atoms with Gasteiger partial charge in [-0.3, -0.25) is 9.36 Å². The summed E-state index contributed by atoms with van der Waals surface area (Å²) in [7, 11) is 0. The molecular weight excluding hydrogens is 372 g/mol. The Balaban J connectivity index is 1.56. The first-order valence-corrected chi connectivity index (χ1v) is 10.6. The SMILES string of the molecule is CSc1nnc(CCCNC(=O)c2cncn2-c2ccccc2)n1CC(C)C. The van der Waals surface area contributed by atoms with Crippen LogP contribution in [0.4, 0.5) is 0 Å². The van der Waals surface area contributed by atoms with Gasteiger partial charge >= 0.3 is 0 Å². The largest absolute Gasteiger partial charge is 0.351 e. The van der Waals surface area contributed by atoms with Gasteiger partial charge in [-0.1, -0.05) is 43.8 Å². The fourth-order valence-corrected chi connectivity index (χ4v) is 3.52.